The van der Waals surface area contributed by atoms with Crippen molar-refractivity contribution in [3.63, 3.8) is 0 Å². The Labute approximate surface area is 68.8 Å². The highest BCUT2D eigenvalue weighted by molar-refractivity contribution is 4.79. The van der Waals surface area contributed by atoms with Gasteiger partial charge in [0.05, 0.1) is 6.10 Å². The van der Waals surface area contributed by atoms with Crippen molar-refractivity contribution in [3.8, 4) is 0 Å². The van der Waals surface area contributed by atoms with E-state index in [1.807, 2.05) is 0 Å². The fraction of sp³-hybridized carbons (Fsp3) is 1.00. The Hall–Kier alpha value is -0.0400. The van der Waals surface area contributed by atoms with Crippen LogP contribution in [-0.2, 0) is 0 Å². The molecule has 1 N–H and O–H groups in total. The van der Waals surface area contributed by atoms with Crippen LogP contribution in [0.2, 0.25) is 0 Å². The summed E-state index contributed by atoms with van der Waals surface area (Å²) in [4.78, 5) is 0. The zero-order chi connectivity index (χ0) is 7.68. The number of rotatable bonds is 0. The first kappa shape index (κ1) is 7.60. The highest BCUT2D eigenvalue weighted by atomic mass is 16.3. The third-order valence-electron chi connectivity index (χ3n) is 3.42. The zero-order valence-electron chi connectivity index (χ0n) is 7.13. The summed E-state index contributed by atoms with van der Waals surface area (Å²) in [5, 5.41) is 9.60. The minimum atomic E-state index is 0.0350. The molecule has 2 rings (SSSR count). The van der Waals surface area contributed by atoms with Crippen LogP contribution in [0.5, 0.6) is 0 Å². The molecule has 0 aromatic heterocycles. The molecule has 0 aliphatic heterocycles. The number of hydrogen-bond donors (Lipinski definition) is 1. The molecule has 2 atom stereocenters. The van der Waals surface area contributed by atoms with Crippen molar-refractivity contribution >= 4 is 0 Å². The topological polar surface area (TPSA) is 20.2 Å². The Morgan fingerprint density at radius 2 is 1.36 bits per heavy atom. The first-order chi connectivity index (χ1) is 5.34. The minimum Gasteiger partial charge on any atom is -0.393 e. The van der Waals surface area contributed by atoms with Gasteiger partial charge in [-0.2, -0.15) is 0 Å². The lowest BCUT2D eigenvalue weighted by Gasteiger charge is -2.19. The molecule has 1 nitrogen and oxygen atoms in total. The SMILES string of the molecule is OC1CC2CCCC(CC2)C1. The second-order valence-corrected chi connectivity index (χ2v) is 4.37. The van der Waals surface area contributed by atoms with Crippen LogP contribution in [0.4, 0.5) is 0 Å². The summed E-state index contributed by atoms with van der Waals surface area (Å²) in [5.41, 5.74) is 0. The molecule has 64 valence electrons. The third kappa shape index (κ3) is 1.76. The fourth-order valence-corrected chi connectivity index (χ4v) is 2.79. The Kier molecular flexibility index (Phi) is 2.17. The van der Waals surface area contributed by atoms with E-state index in [-0.39, 0.29) is 6.10 Å². The number of hydrogen-bond acceptors (Lipinski definition) is 1. The van der Waals surface area contributed by atoms with Gasteiger partial charge in [0.15, 0.2) is 0 Å². The minimum absolute atomic E-state index is 0.0350. The van der Waals surface area contributed by atoms with Crippen molar-refractivity contribution in [2.24, 2.45) is 11.8 Å². The van der Waals surface area contributed by atoms with Gasteiger partial charge in [0.25, 0.3) is 0 Å². The summed E-state index contributed by atoms with van der Waals surface area (Å²) < 4.78 is 0. The van der Waals surface area contributed by atoms with E-state index in [4.69, 9.17) is 0 Å². The van der Waals surface area contributed by atoms with Crippen LogP contribution in [0.15, 0.2) is 0 Å². The summed E-state index contributed by atoms with van der Waals surface area (Å²) in [6.45, 7) is 0. The van der Waals surface area contributed by atoms with Crippen molar-refractivity contribution in [2.75, 3.05) is 0 Å². The molecule has 2 bridgehead atoms. The van der Waals surface area contributed by atoms with Gasteiger partial charge in [0.2, 0.25) is 0 Å². The smallest absolute Gasteiger partial charge is 0.0545 e. The maximum Gasteiger partial charge on any atom is 0.0545 e. The van der Waals surface area contributed by atoms with E-state index in [1.54, 1.807) is 0 Å². The number of aliphatic hydroxyl groups excluding tert-OH is 1. The molecule has 2 aliphatic carbocycles. The zero-order valence-corrected chi connectivity index (χ0v) is 7.13. The predicted octanol–water partition coefficient (Wildman–Crippen LogP) is 2.34. The van der Waals surface area contributed by atoms with E-state index < -0.39 is 0 Å². The molecule has 2 fully saturated rings. The van der Waals surface area contributed by atoms with Gasteiger partial charge in [-0.3, -0.25) is 0 Å². The highest BCUT2D eigenvalue weighted by Crippen LogP contribution is 2.36. The molecule has 0 aromatic carbocycles. The van der Waals surface area contributed by atoms with Gasteiger partial charge < -0.3 is 5.11 Å². The number of fused-ring (bicyclic) bond motifs is 3. The quantitative estimate of drug-likeness (QED) is 0.568. The summed E-state index contributed by atoms with van der Waals surface area (Å²) >= 11 is 0. The van der Waals surface area contributed by atoms with Crippen LogP contribution in [-0.4, -0.2) is 11.2 Å². The molecule has 0 aromatic rings. The monoisotopic (exact) mass is 154 g/mol. The van der Waals surface area contributed by atoms with E-state index in [2.05, 4.69) is 0 Å². The molecule has 11 heavy (non-hydrogen) atoms. The van der Waals surface area contributed by atoms with E-state index in [1.165, 1.54) is 32.1 Å². The Balaban J connectivity index is 2.04. The molecule has 2 saturated carbocycles. The summed E-state index contributed by atoms with van der Waals surface area (Å²) in [6, 6.07) is 0. The van der Waals surface area contributed by atoms with E-state index in [0.717, 1.165) is 24.7 Å². The Bertz CT molecular complexity index is 119. The van der Waals surface area contributed by atoms with Crippen LogP contribution >= 0.6 is 0 Å². The molecule has 2 aliphatic rings. The third-order valence-corrected chi connectivity index (χ3v) is 3.42. The van der Waals surface area contributed by atoms with Gasteiger partial charge in [-0.25, -0.2) is 0 Å². The van der Waals surface area contributed by atoms with Gasteiger partial charge in [-0.15, -0.1) is 0 Å². The van der Waals surface area contributed by atoms with Crippen LogP contribution in [0.1, 0.15) is 44.9 Å². The summed E-state index contributed by atoms with van der Waals surface area (Å²) in [5.74, 6) is 1.72. The molecular formula is C10H18O. The average Bonchev–Trinajstić information content (AvgIpc) is 2.19. The molecule has 2 unspecified atom stereocenters. The molecule has 0 heterocycles. The second kappa shape index (κ2) is 3.14. The van der Waals surface area contributed by atoms with Gasteiger partial charge in [-0.05, 0) is 24.7 Å². The molecule has 0 amide bonds. The van der Waals surface area contributed by atoms with E-state index in [9.17, 15) is 5.11 Å². The lowest BCUT2D eigenvalue weighted by molar-refractivity contribution is 0.117. The summed E-state index contributed by atoms with van der Waals surface area (Å²) in [6.07, 6.45) is 9.19. The largest absolute Gasteiger partial charge is 0.393 e. The van der Waals surface area contributed by atoms with Crippen molar-refractivity contribution in [1.82, 2.24) is 0 Å². The Morgan fingerprint density at radius 3 is 1.91 bits per heavy atom. The normalized spacial score (nSPS) is 45.0. The molecular weight excluding hydrogens is 136 g/mol. The van der Waals surface area contributed by atoms with E-state index in [0.29, 0.717) is 0 Å². The standard InChI is InChI=1S/C10H18O/c11-10-6-8-2-1-3-9(7-10)5-4-8/h8-11H,1-7H2. The second-order valence-electron chi connectivity index (χ2n) is 4.37. The maximum absolute atomic E-state index is 9.60. The first-order valence-corrected chi connectivity index (χ1v) is 5.02. The van der Waals surface area contributed by atoms with Crippen LogP contribution in [0.3, 0.4) is 0 Å². The van der Waals surface area contributed by atoms with Gasteiger partial charge >= 0.3 is 0 Å². The average molecular weight is 154 g/mol. The first-order valence-electron chi connectivity index (χ1n) is 5.02. The highest BCUT2D eigenvalue weighted by Gasteiger charge is 2.27. The molecule has 0 radical (unpaired) electrons. The van der Waals surface area contributed by atoms with Crippen molar-refractivity contribution in [3.05, 3.63) is 0 Å². The molecule has 0 spiro atoms. The molecule has 1 heteroatoms. The van der Waals surface area contributed by atoms with Crippen LogP contribution < -0.4 is 0 Å². The lowest BCUT2D eigenvalue weighted by Crippen LogP contribution is -2.15. The van der Waals surface area contributed by atoms with Crippen LogP contribution in [0, 0.1) is 11.8 Å². The Morgan fingerprint density at radius 1 is 0.818 bits per heavy atom. The van der Waals surface area contributed by atoms with Gasteiger partial charge in [0.1, 0.15) is 0 Å². The van der Waals surface area contributed by atoms with E-state index >= 15 is 0 Å². The van der Waals surface area contributed by atoms with Crippen molar-refractivity contribution in [1.29, 1.82) is 0 Å². The van der Waals surface area contributed by atoms with Crippen molar-refractivity contribution < 1.29 is 5.11 Å². The van der Waals surface area contributed by atoms with Crippen LogP contribution in [0.25, 0.3) is 0 Å². The van der Waals surface area contributed by atoms with Gasteiger partial charge in [0, 0.05) is 0 Å². The summed E-state index contributed by atoms with van der Waals surface area (Å²) in [7, 11) is 0. The van der Waals surface area contributed by atoms with Gasteiger partial charge in [-0.1, -0.05) is 32.1 Å². The fourth-order valence-electron chi connectivity index (χ4n) is 2.79. The molecule has 0 saturated heterocycles. The predicted molar refractivity (Wildman–Crippen MR) is 45.3 cm³/mol. The number of aliphatic hydroxyl groups is 1. The lowest BCUT2D eigenvalue weighted by atomic mass is 9.90. The van der Waals surface area contributed by atoms with Crippen molar-refractivity contribution in [2.45, 2.75) is 51.0 Å². The maximum atomic E-state index is 9.60.